The molecule has 3 nitrogen and oxygen atoms in total. The van der Waals surface area contributed by atoms with E-state index in [1.807, 2.05) is 0 Å². The van der Waals surface area contributed by atoms with E-state index in [2.05, 4.69) is 24.5 Å². The zero-order valence-electron chi connectivity index (χ0n) is 8.15. The molecule has 0 saturated heterocycles. The normalized spacial score (nSPS) is 9.83. The topological polar surface area (TPSA) is 41.1 Å². The predicted molar refractivity (Wildman–Crippen MR) is 51.1 cm³/mol. The molecular formula is C9H20N2O. The van der Waals surface area contributed by atoms with Gasteiger partial charge in [-0.3, -0.25) is 4.79 Å². The second kappa shape index (κ2) is 8.53. The fourth-order valence-corrected chi connectivity index (χ4v) is 0.846. The van der Waals surface area contributed by atoms with Crippen molar-refractivity contribution in [3.8, 4) is 0 Å². The minimum atomic E-state index is 0.108. The SMILES string of the molecule is CCCCNC(=O)CNCCC. The molecule has 1 amide bonds. The first-order chi connectivity index (χ1) is 5.81. The Morgan fingerprint density at radius 1 is 1.17 bits per heavy atom. The molecule has 0 radical (unpaired) electrons. The third-order valence-electron chi connectivity index (χ3n) is 1.56. The highest BCUT2D eigenvalue weighted by molar-refractivity contribution is 5.77. The molecule has 0 bridgehead atoms. The van der Waals surface area contributed by atoms with Gasteiger partial charge in [-0.1, -0.05) is 20.3 Å². The molecule has 0 heterocycles. The number of amides is 1. The number of nitrogens with one attached hydrogen (secondary N) is 2. The summed E-state index contributed by atoms with van der Waals surface area (Å²) in [6.07, 6.45) is 3.27. The molecule has 2 N–H and O–H groups in total. The summed E-state index contributed by atoms with van der Waals surface area (Å²) in [6, 6.07) is 0. The Kier molecular flexibility index (Phi) is 8.12. The number of hydrogen-bond donors (Lipinski definition) is 2. The Morgan fingerprint density at radius 3 is 2.50 bits per heavy atom. The van der Waals surface area contributed by atoms with Crippen LogP contribution in [0.2, 0.25) is 0 Å². The average Bonchev–Trinajstić information content (AvgIpc) is 2.06. The second-order valence-corrected chi connectivity index (χ2v) is 2.88. The van der Waals surface area contributed by atoms with Crippen molar-refractivity contribution in [2.45, 2.75) is 33.1 Å². The number of carbonyl (C=O) groups excluding carboxylic acids is 1. The van der Waals surface area contributed by atoms with Gasteiger partial charge in [0.2, 0.25) is 5.91 Å². The summed E-state index contributed by atoms with van der Waals surface area (Å²) in [5, 5.41) is 5.89. The van der Waals surface area contributed by atoms with Gasteiger partial charge in [0.05, 0.1) is 6.54 Å². The van der Waals surface area contributed by atoms with E-state index in [9.17, 15) is 4.79 Å². The van der Waals surface area contributed by atoms with E-state index in [0.29, 0.717) is 6.54 Å². The molecule has 3 heteroatoms. The second-order valence-electron chi connectivity index (χ2n) is 2.88. The van der Waals surface area contributed by atoms with Crippen LogP contribution in [0.1, 0.15) is 33.1 Å². The molecular weight excluding hydrogens is 152 g/mol. The van der Waals surface area contributed by atoms with Gasteiger partial charge in [0.1, 0.15) is 0 Å². The zero-order valence-corrected chi connectivity index (χ0v) is 8.15. The van der Waals surface area contributed by atoms with Crippen molar-refractivity contribution >= 4 is 5.91 Å². The fraction of sp³-hybridized carbons (Fsp3) is 0.889. The maximum absolute atomic E-state index is 11.0. The highest BCUT2D eigenvalue weighted by atomic mass is 16.1. The predicted octanol–water partition coefficient (Wildman–Crippen LogP) is 0.902. The van der Waals surface area contributed by atoms with E-state index in [-0.39, 0.29) is 5.91 Å². The van der Waals surface area contributed by atoms with Crippen molar-refractivity contribution in [1.82, 2.24) is 10.6 Å². The molecule has 0 spiro atoms. The lowest BCUT2D eigenvalue weighted by molar-refractivity contribution is -0.120. The first-order valence-electron chi connectivity index (χ1n) is 4.78. The van der Waals surface area contributed by atoms with Crippen molar-refractivity contribution in [3.05, 3.63) is 0 Å². The molecule has 0 aliphatic rings. The van der Waals surface area contributed by atoms with Gasteiger partial charge < -0.3 is 10.6 Å². The lowest BCUT2D eigenvalue weighted by Gasteiger charge is -2.04. The zero-order chi connectivity index (χ0) is 9.23. The lowest BCUT2D eigenvalue weighted by atomic mass is 10.3. The first kappa shape index (κ1) is 11.4. The molecule has 72 valence electrons. The molecule has 0 fully saturated rings. The fourth-order valence-electron chi connectivity index (χ4n) is 0.846. The van der Waals surface area contributed by atoms with Crippen LogP contribution in [0.5, 0.6) is 0 Å². The van der Waals surface area contributed by atoms with Crippen LogP contribution in [0.25, 0.3) is 0 Å². The number of carbonyl (C=O) groups is 1. The molecule has 0 aromatic carbocycles. The van der Waals surface area contributed by atoms with Crippen LogP contribution in [-0.4, -0.2) is 25.5 Å². The Labute approximate surface area is 74.9 Å². The molecule has 0 atom stereocenters. The van der Waals surface area contributed by atoms with E-state index < -0.39 is 0 Å². The van der Waals surface area contributed by atoms with Crippen molar-refractivity contribution in [1.29, 1.82) is 0 Å². The van der Waals surface area contributed by atoms with Crippen LogP contribution in [0.15, 0.2) is 0 Å². The van der Waals surface area contributed by atoms with Gasteiger partial charge in [-0.15, -0.1) is 0 Å². The quantitative estimate of drug-likeness (QED) is 0.560. The first-order valence-corrected chi connectivity index (χ1v) is 4.78. The summed E-state index contributed by atoms with van der Waals surface area (Å²) in [5.74, 6) is 0.108. The molecule has 0 aliphatic carbocycles. The summed E-state index contributed by atoms with van der Waals surface area (Å²) in [4.78, 5) is 11.0. The van der Waals surface area contributed by atoms with Crippen molar-refractivity contribution < 1.29 is 4.79 Å². The van der Waals surface area contributed by atoms with Crippen LogP contribution in [0, 0.1) is 0 Å². The van der Waals surface area contributed by atoms with Crippen LogP contribution >= 0.6 is 0 Å². The van der Waals surface area contributed by atoms with Gasteiger partial charge in [0.25, 0.3) is 0 Å². The Morgan fingerprint density at radius 2 is 1.92 bits per heavy atom. The van der Waals surface area contributed by atoms with E-state index in [0.717, 1.165) is 32.4 Å². The maximum atomic E-state index is 11.0. The highest BCUT2D eigenvalue weighted by Crippen LogP contribution is 1.81. The summed E-state index contributed by atoms with van der Waals surface area (Å²) >= 11 is 0. The van der Waals surface area contributed by atoms with Gasteiger partial charge in [0.15, 0.2) is 0 Å². The molecule has 0 aromatic heterocycles. The molecule has 0 aliphatic heterocycles. The third-order valence-corrected chi connectivity index (χ3v) is 1.56. The van der Waals surface area contributed by atoms with E-state index in [1.165, 1.54) is 0 Å². The van der Waals surface area contributed by atoms with Crippen LogP contribution in [0.4, 0.5) is 0 Å². The van der Waals surface area contributed by atoms with Crippen LogP contribution in [0.3, 0.4) is 0 Å². The van der Waals surface area contributed by atoms with Gasteiger partial charge in [0, 0.05) is 6.54 Å². The Hall–Kier alpha value is -0.570. The molecule has 0 aromatic rings. The van der Waals surface area contributed by atoms with Gasteiger partial charge in [-0.2, -0.15) is 0 Å². The van der Waals surface area contributed by atoms with Crippen LogP contribution < -0.4 is 10.6 Å². The van der Waals surface area contributed by atoms with E-state index >= 15 is 0 Å². The number of unbranched alkanes of at least 4 members (excludes halogenated alkanes) is 1. The average molecular weight is 172 g/mol. The summed E-state index contributed by atoms with van der Waals surface area (Å²) in [7, 11) is 0. The maximum Gasteiger partial charge on any atom is 0.233 e. The van der Waals surface area contributed by atoms with Gasteiger partial charge >= 0.3 is 0 Å². The molecule has 0 saturated carbocycles. The van der Waals surface area contributed by atoms with E-state index in [4.69, 9.17) is 0 Å². The van der Waals surface area contributed by atoms with E-state index in [1.54, 1.807) is 0 Å². The van der Waals surface area contributed by atoms with Crippen LogP contribution in [-0.2, 0) is 4.79 Å². The smallest absolute Gasteiger partial charge is 0.233 e. The lowest BCUT2D eigenvalue weighted by Crippen LogP contribution is -2.34. The molecule has 0 rings (SSSR count). The number of hydrogen-bond acceptors (Lipinski definition) is 2. The largest absolute Gasteiger partial charge is 0.355 e. The summed E-state index contributed by atoms with van der Waals surface area (Å²) in [5.41, 5.74) is 0. The number of rotatable bonds is 7. The Bertz CT molecular complexity index is 103. The minimum Gasteiger partial charge on any atom is -0.355 e. The van der Waals surface area contributed by atoms with Gasteiger partial charge in [-0.05, 0) is 19.4 Å². The molecule has 12 heavy (non-hydrogen) atoms. The standard InChI is InChI=1S/C9H20N2O/c1-3-5-7-11-9(12)8-10-6-4-2/h10H,3-8H2,1-2H3,(H,11,12). The van der Waals surface area contributed by atoms with Gasteiger partial charge in [-0.25, -0.2) is 0 Å². The highest BCUT2D eigenvalue weighted by Gasteiger charge is 1.96. The third kappa shape index (κ3) is 7.54. The summed E-state index contributed by atoms with van der Waals surface area (Å²) < 4.78 is 0. The summed E-state index contributed by atoms with van der Waals surface area (Å²) in [6.45, 7) is 6.38. The van der Waals surface area contributed by atoms with Crippen molar-refractivity contribution in [2.24, 2.45) is 0 Å². The molecule has 0 unspecified atom stereocenters. The Balaban J connectivity index is 3.10. The van der Waals surface area contributed by atoms with Crippen molar-refractivity contribution in [3.63, 3.8) is 0 Å². The monoisotopic (exact) mass is 172 g/mol. The van der Waals surface area contributed by atoms with Crippen molar-refractivity contribution in [2.75, 3.05) is 19.6 Å². The minimum absolute atomic E-state index is 0.108.